The van der Waals surface area contributed by atoms with Crippen LogP contribution >= 0.6 is 0 Å². The molecule has 0 aromatic rings. The molecule has 1 aliphatic carbocycles. The summed E-state index contributed by atoms with van der Waals surface area (Å²) in [6, 6.07) is 0. The average molecular weight is 212 g/mol. The lowest BCUT2D eigenvalue weighted by molar-refractivity contribution is -0.153. The van der Waals surface area contributed by atoms with Gasteiger partial charge in [-0.2, -0.15) is 0 Å². The van der Waals surface area contributed by atoms with Crippen LogP contribution in [0.1, 0.15) is 39.0 Å². The van der Waals surface area contributed by atoms with Gasteiger partial charge in [-0.05, 0) is 32.1 Å². The van der Waals surface area contributed by atoms with E-state index in [0.717, 1.165) is 44.3 Å². The zero-order valence-electron chi connectivity index (χ0n) is 8.86. The molecule has 0 aromatic carbocycles. The molecular weight excluding hydrogens is 196 g/mol. The number of ether oxygens (including phenoxy) is 1. The van der Waals surface area contributed by atoms with E-state index in [1.807, 2.05) is 6.92 Å². The van der Waals surface area contributed by atoms with Crippen LogP contribution in [-0.4, -0.2) is 22.6 Å². The standard InChI is InChI=1S/C11H16O4/c1-2-11(7-3-4-8-11)15-10(14)6-5-9(12)13/h5-6H,2-4,7-8H2,1H3,(H,12,13)/b6-5+. The van der Waals surface area contributed by atoms with Crippen molar-refractivity contribution in [2.24, 2.45) is 0 Å². The van der Waals surface area contributed by atoms with Gasteiger partial charge < -0.3 is 9.84 Å². The molecule has 15 heavy (non-hydrogen) atoms. The van der Waals surface area contributed by atoms with Crippen LogP contribution in [0.5, 0.6) is 0 Å². The lowest BCUT2D eigenvalue weighted by Gasteiger charge is -2.26. The van der Waals surface area contributed by atoms with Crippen LogP contribution in [0.2, 0.25) is 0 Å². The van der Waals surface area contributed by atoms with Crippen LogP contribution in [0.25, 0.3) is 0 Å². The summed E-state index contributed by atoms with van der Waals surface area (Å²) in [7, 11) is 0. The van der Waals surface area contributed by atoms with E-state index in [4.69, 9.17) is 9.84 Å². The third-order valence-corrected chi connectivity index (χ3v) is 2.84. The monoisotopic (exact) mass is 212 g/mol. The van der Waals surface area contributed by atoms with Crippen LogP contribution in [0.4, 0.5) is 0 Å². The Morgan fingerprint density at radius 1 is 1.33 bits per heavy atom. The molecule has 0 spiro atoms. The maximum atomic E-state index is 11.3. The Morgan fingerprint density at radius 3 is 2.40 bits per heavy atom. The van der Waals surface area contributed by atoms with Gasteiger partial charge in [0.05, 0.1) is 0 Å². The average Bonchev–Trinajstić information content (AvgIpc) is 2.64. The first kappa shape index (κ1) is 11.8. The fourth-order valence-corrected chi connectivity index (χ4v) is 1.93. The second-order valence-corrected chi connectivity index (χ2v) is 3.84. The normalized spacial score (nSPS) is 19.3. The number of carbonyl (C=O) groups excluding carboxylic acids is 1. The molecule has 4 heteroatoms. The van der Waals surface area contributed by atoms with Gasteiger partial charge in [0.2, 0.25) is 0 Å². The number of carboxylic acids is 1. The van der Waals surface area contributed by atoms with E-state index in [9.17, 15) is 9.59 Å². The molecular formula is C11H16O4. The Labute approximate surface area is 88.9 Å². The van der Waals surface area contributed by atoms with E-state index < -0.39 is 11.9 Å². The van der Waals surface area contributed by atoms with Crippen LogP contribution in [0, 0.1) is 0 Å². The van der Waals surface area contributed by atoms with E-state index in [2.05, 4.69) is 0 Å². The lowest BCUT2D eigenvalue weighted by atomic mass is 9.99. The van der Waals surface area contributed by atoms with Crippen molar-refractivity contribution in [3.8, 4) is 0 Å². The van der Waals surface area contributed by atoms with E-state index >= 15 is 0 Å². The number of carbonyl (C=O) groups is 2. The number of carboxylic acid groups (broad SMARTS) is 1. The molecule has 0 radical (unpaired) electrons. The highest BCUT2D eigenvalue weighted by Crippen LogP contribution is 2.35. The zero-order valence-corrected chi connectivity index (χ0v) is 8.86. The Morgan fingerprint density at radius 2 is 1.93 bits per heavy atom. The summed E-state index contributed by atoms with van der Waals surface area (Å²) >= 11 is 0. The van der Waals surface area contributed by atoms with Gasteiger partial charge in [-0.1, -0.05) is 6.92 Å². The van der Waals surface area contributed by atoms with Crippen molar-refractivity contribution in [3.05, 3.63) is 12.2 Å². The van der Waals surface area contributed by atoms with Gasteiger partial charge in [-0.25, -0.2) is 9.59 Å². The van der Waals surface area contributed by atoms with Crippen molar-refractivity contribution in [1.82, 2.24) is 0 Å². The lowest BCUT2D eigenvalue weighted by Crippen LogP contribution is -2.30. The van der Waals surface area contributed by atoms with Gasteiger partial charge in [0.25, 0.3) is 0 Å². The number of hydrogen-bond acceptors (Lipinski definition) is 3. The highest BCUT2D eigenvalue weighted by atomic mass is 16.6. The molecule has 1 rings (SSSR count). The largest absolute Gasteiger partial charge is 0.478 e. The minimum atomic E-state index is -1.14. The van der Waals surface area contributed by atoms with E-state index in [1.165, 1.54) is 0 Å². The highest BCUT2D eigenvalue weighted by molar-refractivity contribution is 5.90. The first-order chi connectivity index (χ1) is 7.08. The molecule has 4 nitrogen and oxygen atoms in total. The molecule has 0 heterocycles. The van der Waals surface area contributed by atoms with Crippen molar-refractivity contribution >= 4 is 11.9 Å². The van der Waals surface area contributed by atoms with Gasteiger partial charge in [0.1, 0.15) is 5.60 Å². The molecule has 0 saturated heterocycles. The molecule has 0 unspecified atom stereocenters. The van der Waals surface area contributed by atoms with Crippen LogP contribution in [-0.2, 0) is 14.3 Å². The van der Waals surface area contributed by atoms with Gasteiger partial charge in [0, 0.05) is 12.2 Å². The Bertz CT molecular complexity index is 274. The highest BCUT2D eigenvalue weighted by Gasteiger charge is 2.35. The van der Waals surface area contributed by atoms with Crippen molar-refractivity contribution in [1.29, 1.82) is 0 Å². The Balaban J connectivity index is 2.52. The summed E-state index contributed by atoms with van der Waals surface area (Å²) in [5, 5.41) is 8.35. The van der Waals surface area contributed by atoms with E-state index in [-0.39, 0.29) is 5.60 Å². The summed E-state index contributed by atoms with van der Waals surface area (Å²) in [5.41, 5.74) is -0.347. The summed E-state index contributed by atoms with van der Waals surface area (Å²) in [6.07, 6.45) is 6.48. The molecule has 1 fully saturated rings. The number of esters is 1. The SMILES string of the molecule is CCC1(OC(=O)/C=C/C(=O)O)CCCC1. The second kappa shape index (κ2) is 4.96. The molecule has 0 bridgehead atoms. The smallest absolute Gasteiger partial charge is 0.331 e. The predicted molar refractivity (Wildman–Crippen MR) is 54.4 cm³/mol. The number of rotatable bonds is 4. The third kappa shape index (κ3) is 3.38. The van der Waals surface area contributed by atoms with Crippen LogP contribution in [0.3, 0.4) is 0 Å². The molecule has 1 aliphatic rings. The van der Waals surface area contributed by atoms with E-state index in [1.54, 1.807) is 0 Å². The summed E-state index contributed by atoms with van der Waals surface area (Å²) < 4.78 is 5.31. The van der Waals surface area contributed by atoms with Crippen LogP contribution in [0.15, 0.2) is 12.2 Å². The number of hydrogen-bond donors (Lipinski definition) is 1. The molecule has 1 N–H and O–H groups in total. The Hall–Kier alpha value is -1.32. The van der Waals surface area contributed by atoms with Crippen LogP contribution < -0.4 is 0 Å². The molecule has 84 valence electrons. The zero-order chi connectivity index (χ0) is 11.3. The van der Waals surface area contributed by atoms with Gasteiger partial charge in [-0.3, -0.25) is 0 Å². The third-order valence-electron chi connectivity index (χ3n) is 2.84. The molecule has 0 atom stereocenters. The fourth-order valence-electron chi connectivity index (χ4n) is 1.93. The summed E-state index contributed by atoms with van der Waals surface area (Å²) in [4.78, 5) is 21.5. The minimum Gasteiger partial charge on any atom is -0.478 e. The maximum absolute atomic E-state index is 11.3. The fraction of sp³-hybridized carbons (Fsp3) is 0.636. The first-order valence-corrected chi connectivity index (χ1v) is 5.22. The number of aliphatic carboxylic acids is 1. The molecule has 0 aliphatic heterocycles. The van der Waals surface area contributed by atoms with Crippen molar-refractivity contribution in [3.63, 3.8) is 0 Å². The predicted octanol–water partition coefficient (Wildman–Crippen LogP) is 1.89. The molecule has 0 aromatic heterocycles. The summed E-state index contributed by atoms with van der Waals surface area (Å²) in [6.45, 7) is 1.99. The van der Waals surface area contributed by atoms with Gasteiger partial charge in [-0.15, -0.1) is 0 Å². The van der Waals surface area contributed by atoms with Crippen molar-refractivity contribution in [2.75, 3.05) is 0 Å². The van der Waals surface area contributed by atoms with E-state index in [0.29, 0.717) is 0 Å². The molecule has 1 saturated carbocycles. The second-order valence-electron chi connectivity index (χ2n) is 3.84. The summed E-state index contributed by atoms with van der Waals surface area (Å²) in [5.74, 6) is -1.69. The Kier molecular flexibility index (Phi) is 3.88. The first-order valence-electron chi connectivity index (χ1n) is 5.22. The molecule has 0 amide bonds. The van der Waals surface area contributed by atoms with Crippen molar-refractivity contribution in [2.45, 2.75) is 44.6 Å². The van der Waals surface area contributed by atoms with Crippen molar-refractivity contribution < 1.29 is 19.4 Å². The quantitative estimate of drug-likeness (QED) is 0.571. The maximum Gasteiger partial charge on any atom is 0.331 e. The topological polar surface area (TPSA) is 63.6 Å². The minimum absolute atomic E-state index is 0.347. The van der Waals surface area contributed by atoms with Gasteiger partial charge >= 0.3 is 11.9 Å². The van der Waals surface area contributed by atoms with Gasteiger partial charge in [0.15, 0.2) is 0 Å².